The van der Waals surface area contributed by atoms with Crippen LogP contribution in [0.15, 0.2) is 18.2 Å². The van der Waals surface area contributed by atoms with Crippen LogP contribution in [-0.2, 0) is 0 Å². The molecule has 1 aromatic carbocycles. The summed E-state index contributed by atoms with van der Waals surface area (Å²) in [5, 5.41) is 3.41. The molecule has 0 aromatic heterocycles. The van der Waals surface area contributed by atoms with E-state index in [0.717, 1.165) is 50.1 Å². The molecule has 0 spiro atoms. The first-order chi connectivity index (χ1) is 10.3. The molecule has 0 radical (unpaired) electrons. The van der Waals surface area contributed by atoms with Gasteiger partial charge in [-0.15, -0.1) is 12.4 Å². The molecule has 2 fully saturated rings. The van der Waals surface area contributed by atoms with E-state index in [-0.39, 0.29) is 18.3 Å². The van der Waals surface area contributed by atoms with E-state index in [0.29, 0.717) is 5.92 Å². The summed E-state index contributed by atoms with van der Waals surface area (Å²) < 4.78 is 0. The van der Waals surface area contributed by atoms with Crippen molar-refractivity contribution in [2.45, 2.75) is 44.9 Å². The molecule has 0 unspecified atom stereocenters. The predicted octanol–water partition coefficient (Wildman–Crippen LogP) is 3.51. The van der Waals surface area contributed by atoms with E-state index in [1.165, 1.54) is 24.8 Å². The number of likely N-dealkylation sites (tertiary alicyclic amines) is 1. The molecule has 122 valence electrons. The summed E-state index contributed by atoms with van der Waals surface area (Å²) in [5.74, 6) is 0.850. The zero-order chi connectivity index (χ0) is 14.7. The molecule has 3 rings (SSSR count). The summed E-state index contributed by atoms with van der Waals surface area (Å²) >= 11 is 0. The molecule has 3 nitrogen and oxygen atoms in total. The number of halogens is 1. The van der Waals surface area contributed by atoms with E-state index >= 15 is 0 Å². The second kappa shape index (κ2) is 7.98. The van der Waals surface area contributed by atoms with E-state index in [2.05, 4.69) is 30.4 Å². The van der Waals surface area contributed by atoms with E-state index in [1.807, 2.05) is 4.90 Å². The van der Waals surface area contributed by atoms with Gasteiger partial charge in [0.1, 0.15) is 0 Å². The van der Waals surface area contributed by atoms with Gasteiger partial charge in [0.2, 0.25) is 0 Å². The number of benzene rings is 1. The van der Waals surface area contributed by atoms with Crippen molar-refractivity contribution in [2.24, 2.45) is 0 Å². The van der Waals surface area contributed by atoms with E-state index in [9.17, 15) is 4.79 Å². The minimum absolute atomic E-state index is 0. The highest BCUT2D eigenvalue weighted by Crippen LogP contribution is 2.27. The molecule has 0 saturated carbocycles. The number of rotatable bonds is 2. The fourth-order valence-electron chi connectivity index (χ4n) is 3.55. The normalized spacial score (nSPS) is 19.6. The number of nitrogens with zero attached hydrogens (tertiary/aromatic N) is 1. The van der Waals surface area contributed by atoms with Gasteiger partial charge in [0.15, 0.2) is 0 Å². The molecular formula is C18H27ClN2O. The van der Waals surface area contributed by atoms with Crippen LogP contribution in [0.5, 0.6) is 0 Å². The predicted molar refractivity (Wildman–Crippen MR) is 93.0 cm³/mol. The molecule has 2 aliphatic rings. The molecular weight excluding hydrogens is 296 g/mol. The molecule has 0 bridgehead atoms. The largest absolute Gasteiger partial charge is 0.339 e. The number of aryl methyl sites for hydroxylation is 1. The molecule has 1 aromatic rings. The summed E-state index contributed by atoms with van der Waals surface area (Å²) in [6.45, 7) is 6.09. The van der Waals surface area contributed by atoms with Crippen LogP contribution in [0.25, 0.3) is 0 Å². The lowest BCUT2D eigenvalue weighted by Crippen LogP contribution is -2.36. The Morgan fingerprint density at radius 1 is 1.14 bits per heavy atom. The number of nitrogens with one attached hydrogen (secondary N) is 1. The zero-order valence-corrected chi connectivity index (χ0v) is 14.3. The summed E-state index contributed by atoms with van der Waals surface area (Å²) in [6.07, 6.45) is 5.93. The summed E-state index contributed by atoms with van der Waals surface area (Å²) in [6, 6.07) is 6.52. The Bertz CT molecular complexity index is 506. The maximum atomic E-state index is 12.8. The average Bonchev–Trinajstić information content (AvgIpc) is 2.56. The summed E-state index contributed by atoms with van der Waals surface area (Å²) in [5.41, 5.74) is 3.39. The van der Waals surface area contributed by atoms with Crippen molar-refractivity contribution >= 4 is 18.3 Å². The molecule has 1 amide bonds. The Kier molecular flexibility index (Phi) is 6.27. The first-order valence-electron chi connectivity index (χ1n) is 8.36. The van der Waals surface area contributed by atoms with Crippen LogP contribution in [0.4, 0.5) is 0 Å². The summed E-state index contributed by atoms with van der Waals surface area (Å²) in [7, 11) is 0. The minimum atomic E-state index is 0. The van der Waals surface area contributed by atoms with Gasteiger partial charge in [0, 0.05) is 18.7 Å². The molecule has 2 aliphatic heterocycles. The highest BCUT2D eigenvalue weighted by molar-refractivity contribution is 5.96. The molecule has 22 heavy (non-hydrogen) atoms. The lowest BCUT2D eigenvalue weighted by atomic mass is 9.88. The van der Waals surface area contributed by atoms with Gasteiger partial charge in [-0.1, -0.05) is 12.1 Å². The van der Waals surface area contributed by atoms with Crippen molar-refractivity contribution in [2.75, 3.05) is 26.2 Å². The second-order valence-electron chi connectivity index (χ2n) is 6.45. The van der Waals surface area contributed by atoms with Gasteiger partial charge in [-0.3, -0.25) is 4.79 Å². The monoisotopic (exact) mass is 322 g/mol. The van der Waals surface area contributed by atoms with Crippen LogP contribution in [0.1, 0.15) is 59.5 Å². The Morgan fingerprint density at radius 2 is 1.82 bits per heavy atom. The third kappa shape index (κ3) is 3.82. The van der Waals surface area contributed by atoms with Crippen molar-refractivity contribution in [1.82, 2.24) is 10.2 Å². The highest BCUT2D eigenvalue weighted by atomic mass is 35.5. The van der Waals surface area contributed by atoms with Crippen molar-refractivity contribution in [3.05, 3.63) is 34.9 Å². The molecule has 0 atom stereocenters. The molecule has 4 heteroatoms. The van der Waals surface area contributed by atoms with E-state index in [4.69, 9.17) is 0 Å². The zero-order valence-electron chi connectivity index (χ0n) is 13.4. The van der Waals surface area contributed by atoms with Gasteiger partial charge >= 0.3 is 0 Å². The molecule has 2 saturated heterocycles. The van der Waals surface area contributed by atoms with Crippen molar-refractivity contribution in [3.63, 3.8) is 0 Å². The number of piperidine rings is 2. The third-order valence-electron chi connectivity index (χ3n) is 4.95. The van der Waals surface area contributed by atoms with E-state index in [1.54, 1.807) is 0 Å². The van der Waals surface area contributed by atoms with Gasteiger partial charge in [-0.05, 0) is 75.2 Å². The van der Waals surface area contributed by atoms with Crippen LogP contribution >= 0.6 is 12.4 Å². The fourth-order valence-corrected chi connectivity index (χ4v) is 3.55. The van der Waals surface area contributed by atoms with Crippen LogP contribution in [-0.4, -0.2) is 37.0 Å². The third-order valence-corrected chi connectivity index (χ3v) is 4.95. The molecule has 1 N–H and O–H groups in total. The first kappa shape index (κ1) is 17.3. The number of hydrogen-bond acceptors (Lipinski definition) is 2. The molecule has 0 aliphatic carbocycles. The van der Waals surface area contributed by atoms with Gasteiger partial charge < -0.3 is 10.2 Å². The lowest BCUT2D eigenvalue weighted by Gasteiger charge is -2.28. The smallest absolute Gasteiger partial charge is 0.254 e. The SMILES string of the molecule is Cc1ccc(C2CCNCC2)cc1C(=O)N1CCCCC1.Cl. The van der Waals surface area contributed by atoms with Gasteiger partial charge in [0.05, 0.1) is 0 Å². The molecule has 2 heterocycles. The van der Waals surface area contributed by atoms with Crippen LogP contribution in [0.2, 0.25) is 0 Å². The van der Waals surface area contributed by atoms with Crippen molar-refractivity contribution < 1.29 is 4.79 Å². The Balaban J connectivity index is 0.00000176. The van der Waals surface area contributed by atoms with Crippen LogP contribution in [0, 0.1) is 6.92 Å². The minimum Gasteiger partial charge on any atom is -0.339 e. The highest BCUT2D eigenvalue weighted by Gasteiger charge is 2.22. The quantitative estimate of drug-likeness (QED) is 0.903. The number of carbonyl (C=O) groups excluding carboxylic acids is 1. The van der Waals surface area contributed by atoms with Gasteiger partial charge in [-0.25, -0.2) is 0 Å². The topological polar surface area (TPSA) is 32.3 Å². The van der Waals surface area contributed by atoms with Crippen LogP contribution < -0.4 is 5.32 Å². The maximum Gasteiger partial charge on any atom is 0.254 e. The Labute approximate surface area is 139 Å². The number of hydrogen-bond donors (Lipinski definition) is 1. The number of carbonyl (C=O) groups is 1. The second-order valence-corrected chi connectivity index (χ2v) is 6.45. The fraction of sp³-hybridized carbons (Fsp3) is 0.611. The van der Waals surface area contributed by atoms with Gasteiger partial charge in [0.25, 0.3) is 5.91 Å². The maximum absolute atomic E-state index is 12.8. The van der Waals surface area contributed by atoms with Crippen molar-refractivity contribution in [1.29, 1.82) is 0 Å². The van der Waals surface area contributed by atoms with E-state index < -0.39 is 0 Å². The first-order valence-corrected chi connectivity index (χ1v) is 8.36. The standard InChI is InChI=1S/C18H26N2O.ClH/c1-14-5-6-16(15-7-9-19-10-8-15)13-17(14)18(21)20-11-3-2-4-12-20;/h5-6,13,15,19H,2-4,7-12H2,1H3;1H. The number of amides is 1. The summed E-state index contributed by atoms with van der Waals surface area (Å²) in [4.78, 5) is 14.8. The average molecular weight is 323 g/mol. The van der Waals surface area contributed by atoms with Crippen LogP contribution in [0.3, 0.4) is 0 Å². The van der Waals surface area contributed by atoms with Crippen molar-refractivity contribution in [3.8, 4) is 0 Å². The Morgan fingerprint density at radius 3 is 2.50 bits per heavy atom. The van der Waals surface area contributed by atoms with Gasteiger partial charge in [-0.2, -0.15) is 0 Å². The lowest BCUT2D eigenvalue weighted by molar-refractivity contribution is 0.0723. The Hall–Kier alpha value is -1.06.